The Morgan fingerprint density at radius 3 is 2.33 bits per heavy atom. The lowest BCUT2D eigenvalue weighted by Crippen LogP contribution is -2.45. The van der Waals surface area contributed by atoms with Gasteiger partial charge < -0.3 is 15.1 Å². The van der Waals surface area contributed by atoms with E-state index in [1.807, 2.05) is 49.1 Å². The van der Waals surface area contributed by atoms with Crippen LogP contribution in [0.2, 0.25) is 0 Å². The lowest BCUT2D eigenvalue weighted by atomic mass is 9.77. The van der Waals surface area contributed by atoms with Gasteiger partial charge in [0.05, 0.1) is 17.2 Å². The molecule has 1 N–H and O–H groups in total. The standard InChI is InChI=1S/C27H35BrN4O2.2ClH/c1-20(2)25(33)30-24(23-5-3-4-14-29-23)10-15-31-16-11-27(12-17-31)13-18-32(26(27)34)19-21-6-8-22(28)9-7-21;;/h3-9,14,20,24H,10-13,15-19H2,1-2H3,(H,30,33);2*1H. The van der Waals surface area contributed by atoms with Crippen molar-refractivity contribution >= 4 is 52.6 Å². The van der Waals surface area contributed by atoms with Crippen LogP contribution in [0, 0.1) is 11.3 Å². The van der Waals surface area contributed by atoms with Crippen LogP contribution in [-0.2, 0) is 16.1 Å². The first kappa shape index (κ1) is 30.6. The summed E-state index contributed by atoms with van der Waals surface area (Å²) in [6.07, 6.45) is 5.37. The highest BCUT2D eigenvalue weighted by molar-refractivity contribution is 9.10. The predicted octanol–water partition coefficient (Wildman–Crippen LogP) is 5.41. The van der Waals surface area contributed by atoms with Crippen LogP contribution in [0.3, 0.4) is 0 Å². The minimum atomic E-state index is -0.196. The highest BCUT2D eigenvalue weighted by Crippen LogP contribution is 2.42. The van der Waals surface area contributed by atoms with Crippen LogP contribution in [0.5, 0.6) is 0 Å². The fourth-order valence-corrected chi connectivity index (χ4v) is 5.31. The van der Waals surface area contributed by atoms with E-state index in [4.69, 9.17) is 0 Å². The molecule has 1 aromatic heterocycles. The highest BCUT2D eigenvalue weighted by atomic mass is 79.9. The van der Waals surface area contributed by atoms with Crippen molar-refractivity contribution in [3.8, 4) is 0 Å². The van der Waals surface area contributed by atoms with Crippen molar-refractivity contribution in [2.24, 2.45) is 11.3 Å². The van der Waals surface area contributed by atoms with Crippen LogP contribution < -0.4 is 5.32 Å². The average molecular weight is 600 g/mol. The fourth-order valence-electron chi connectivity index (χ4n) is 5.05. The zero-order valence-electron chi connectivity index (χ0n) is 21.0. The van der Waals surface area contributed by atoms with Crippen LogP contribution >= 0.6 is 40.7 Å². The van der Waals surface area contributed by atoms with E-state index in [-0.39, 0.29) is 48.1 Å². The van der Waals surface area contributed by atoms with Crippen molar-refractivity contribution in [1.29, 1.82) is 0 Å². The van der Waals surface area contributed by atoms with E-state index >= 15 is 0 Å². The Kier molecular flexibility index (Phi) is 11.7. The van der Waals surface area contributed by atoms with Gasteiger partial charge >= 0.3 is 0 Å². The van der Waals surface area contributed by atoms with Gasteiger partial charge in [-0.15, -0.1) is 24.8 Å². The summed E-state index contributed by atoms with van der Waals surface area (Å²) in [6.45, 7) is 8.08. The van der Waals surface area contributed by atoms with Crippen LogP contribution in [0.4, 0.5) is 0 Å². The van der Waals surface area contributed by atoms with Crippen LogP contribution in [0.1, 0.15) is 56.8 Å². The van der Waals surface area contributed by atoms with Gasteiger partial charge in [-0.05, 0) is 68.6 Å². The van der Waals surface area contributed by atoms with Gasteiger partial charge in [-0.2, -0.15) is 0 Å². The normalized spacial score (nSPS) is 18.0. The number of benzene rings is 1. The van der Waals surface area contributed by atoms with E-state index < -0.39 is 0 Å². The second kappa shape index (κ2) is 13.8. The van der Waals surface area contributed by atoms with Gasteiger partial charge in [0.15, 0.2) is 0 Å². The molecule has 1 spiro atoms. The maximum absolute atomic E-state index is 13.3. The molecule has 0 bridgehead atoms. The molecule has 1 unspecified atom stereocenters. The van der Waals surface area contributed by atoms with E-state index in [2.05, 4.69) is 43.3 Å². The number of halogens is 3. The molecule has 2 aromatic rings. The molecule has 3 heterocycles. The number of hydrogen-bond acceptors (Lipinski definition) is 4. The van der Waals surface area contributed by atoms with Crippen LogP contribution in [0.25, 0.3) is 0 Å². The van der Waals surface area contributed by atoms with E-state index in [0.717, 1.165) is 62.0 Å². The number of carbonyl (C=O) groups is 2. The highest BCUT2D eigenvalue weighted by Gasteiger charge is 2.47. The molecule has 0 aliphatic carbocycles. The third-order valence-corrected chi connectivity index (χ3v) is 7.85. The van der Waals surface area contributed by atoms with Gasteiger partial charge in [0.25, 0.3) is 0 Å². The molecule has 2 fully saturated rings. The zero-order valence-corrected chi connectivity index (χ0v) is 24.2. The molecule has 2 amide bonds. The van der Waals surface area contributed by atoms with Crippen molar-refractivity contribution in [2.45, 2.75) is 52.1 Å². The summed E-state index contributed by atoms with van der Waals surface area (Å²) in [5, 5.41) is 3.17. The smallest absolute Gasteiger partial charge is 0.229 e. The number of pyridine rings is 1. The lowest BCUT2D eigenvalue weighted by molar-refractivity contribution is -0.139. The maximum atomic E-state index is 13.3. The summed E-state index contributed by atoms with van der Waals surface area (Å²) in [7, 11) is 0. The molecule has 0 radical (unpaired) electrons. The Hall–Kier alpha value is -1.67. The molecule has 198 valence electrons. The first-order valence-corrected chi connectivity index (χ1v) is 13.1. The molecule has 2 saturated heterocycles. The molecule has 6 nitrogen and oxygen atoms in total. The number of carbonyl (C=O) groups excluding carboxylic acids is 2. The topological polar surface area (TPSA) is 65.5 Å². The quantitative estimate of drug-likeness (QED) is 0.441. The molecule has 1 atom stereocenters. The van der Waals surface area contributed by atoms with Crippen LogP contribution in [0.15, 0.2) is 53.1 Å². The van der Waals surface area contributed by atoms with Crippen molar-refractivity contribution < 1.29 is 9.59 Å². The molecule has 9 heteroatoms. The average Bonchev–Trinajstić information content (AvgIpc) is 3.14. The van der Waals surface area contributed by atoms with E-state index in [1.54, 1.807) is 6.20 Å². The minimum absolute atomic E-state index is 0. The third-order valence-electron chi connectivity index (χ3n) is 7.32. The number of hydrogen-bond donors (Lipinski definition) is 1. The number of nitrogens with one attached hydrogen (secondary N) is 1. The number of likely N-dealkylation sites (tertiary alicyclic amines) is 2. The van der Waals surface area contributed by atoms with Gasteiger partial charge in [-0.1, -0.05) is 48.0 Å². The van der Waals surface area contributed by atoms with E-state index in [9.17, 15) is 9.59 Å². The van der Waals surface area contributed by atoms with Gasteiger partial charge in [0.1, 0.15) is 0 Å². The molecule has 4 rings (SSSR count). The number of amides is 2. The monoisotopic (exact) mass is 598 g/mol. The molecule has 1 aromatic carbocycles. The molecule has 36 heavy (non-hydrogen) atoms. The minimum Gasteiger partial charge on any atom is -0.347 e. The number of rotatable bonds is 8. The van der Waals surface area contributed by atoms with Gasteiger partial charge in [0.2, 0.25) is 11.8 Å². The number of piperidine rings is 1. The molecule has 0 saturated carbocycles. The largest absolute Gasteiger partial charge is 0.347 e. The Balaban J connectivity index is 0.00000228. The van der Waals surface area contributed by atoms with Gasteiger partial charge in [0, 0.05) is 36.2 Å². The van der Waals surface area contributed by atoms with Gasteiger partial charge in [-0.25, -0.2) is 0 Å². The second-order valence-electron chi connectivity index (χ2n) is 9.98. The number of aromatic nitrogens is 1. The third kappa shape index (κ3) is 7.44. The number of nitrogens with zero attached hydrogens (tertiary/aromatic N) is 3. The summed E-state index contributed by atoms with van der Waals surface area (Å²) in [4.78, 5) is 34.7. The second-order valence-corrected chi connectivity index (χ2v) is 10.9. The zero-order chi connectivity index (χ0) is 24.1. The molecule has 2 aliphatic heterocycles. The Bertz CT molecular complexity index is 983. The molecular weight excluding hydrogens is 563 g/mol. The predicted molar refractivity (Wildman–Crippen MR) is 151 cm³/mol. The summed E-state index contributed by atoms with van der Waals surface area (Å²) in [5.74, 6) is 0.316. The van der Waals surface area contributed by atoms with Gasteiger partial charge in [-0.3, -0.25) is 14.6 Å². The lowest BCUT2D eigenvalue weighted by Gasteiger charge is -2.38. The van der Waals surface area contributed by atoms with E-state index in [1.165, 1.54) is 5.56 Å². The van der Waals surface area contributed by atoms with Crippen LogP contribution in [-0.4, -0.2) is 52.8 Å². The first-order chi connectivity index (χ1) is 16.4. The first-order valence-electron chi connectivity index (χ1n) is 12.3. The van der Waals surface area contributed by atoms with E-state index in [0.29, 0.717) is 12.5 Å². The summed E-state index contributed by atoms with van der Waals surface area (Å²) >= 11 is 3.48. The Labute approximate surface area is 235 Å². The SMILES string of the molecule is CC(C)C(=O)NC(CCN1CCC2(CC1)CCN(Cc1ccc(Br)cc1)C2=O)c1ccccn1.Cl.Cl. The Morgan fingerprint density at radius 2 is 1.72 bits per heavy atom. The van der Waals surface area contributed by atoms with Crippen molar-refractivity contribution in [3.05, 3.63) is 64.4 Å². The fraction of sp³-hybridized carbons (Fsp3) is 0.519. The Morgan fingerprint density at radius 1 is 1.06 bits per heavy atom. The maximum Gasteiger partial charge on any atom is 0.229 e. The van der Waals surface area contributed by atoms with Crippen molar-refractivity contribution in [1.82, 2.24) is 20.1 Å². The summed E-state index contributed by atoms with van der Waals surface area (Å²) in [6, 6.07) is 14.0. The van der Waals surface area contributed by atoms with Crippen molar-refractivity contribution in [2.75, 3.05) is 26.2 Å². The molecular formula is C27H37BrCl2N4O2. The van der Waals surface area contributed by atoms with Crippen molar-refractivity contribution in [3.63, 3.8) is 0 Å². The molecule has 2 aliphatic rings. The summed E-state index contributed by atoms with van der Waals surface area (Å²) < 4.78 is 1.06. The summed E-state index contributed by atoms with van der Waals surface area (Å²) in [5.41, 5.74) is 1.88.